The van der Waals surface area contributed by atoms with Gasteiger partial charge in [-0.15, -0.1) is 0 Å². The summed E-state index contributed by atoms with van der Waals surface area (Å²) in [4.78, 5) is 23.9. The van der Waals surface area contributed by atoms with Crippen molar-refractivity contribution in [2.75, 3.05) is 6.54 Å². The van der Waals surface area contributed by atoms with Crippen molar-refractivity contribution >= 4 is 17.4 Å². The monoisotopic (exact) mass is 357 g/mol. The summed E-state index contributed by atoms with van der Waals surface area (Å²) in [6.07, 6.45) is 3.68. The lowest BCUT2D eigenvalue weighted by Gasteiger charge is -2.32. The van der Waals surface area contributed by atoms with Gasteiger partial charge >= 0.3 is 0 Å². The van der Waals surface area contributed by atoms with Crippen LogP contribution in [0.25, 0.3) is 17.2 Å². The van der Waals surface area contributed by atoms with Crippen LogP contribution in [0, 0.1) is 0 Å². The lowest BCUT2D eigenvalue weighted by Crippen LogP contribution is -2.37. The maximum Gasteiger partial charge on any atom is 0.274 e. The highest BCUT2D eigenvalue weighted by atomic mass is 35.5. The number of nitrogens with zero attached hydrogens (tertiary/aromatic N) is 4. The molecule has 6 nitrogen and oxygen atoms in total. The molecule has 25 heavy (non-hydrogen) atoms. The van der Waals surface area contributed by atoms with Crippen molar-refractivity contribution in [2.45, 2.75) is 38.8 Å². The van der Waals surface area contributed by atoms with Crippen LogP contribution < -0.4 is 5.56 Å². The SMILES string of the molecule is CC1CCCCN1Cc1cc(=O)n2[nH]c(-c3ccc(Cl)cc3)nc2n1. The standard InChI is InChI=1S/C18H20ClN5O/c1-12-4-2-3-9-23(12)11-15-10-16(25)24-18(20-15)21-17(22-24)13-5-7-14(19)8-6-13/h5-8,10,12H,2-4,9,11H2,1H3,(H,20,21,22). The molecule has 0 spiro atoms. The minimum Gasteiger partial charge on any atom is -0.295 e. The van der Waals surface area contributed by atoms with E-state index in [1.165, 1.54) is 23.8 Å². The Bertz CT molecular complexity index is 946. The molecule has 0 saturated carbocycles. The Morgan fingerprint density at radius 1 is 1.24 bits per heavy atom. The maximum absolute atomic E-state index is 12.4. The van der Waals surface area contributed by atoms with Crippen LogP contribution >= 0.6 is 11.6 Å². The number of fused-ring (bicyclic) bond motifs is 1. The van der Waals surface area contributed by atoms with Gasteiger partial charge in [0.25, 0.3) is 11.3 Å². The van der Waals surface area contributed by atoms with E-state index in [-0.39, 0.29) is 5.56 Å². The Labute approximate surface area is 150 Å². The number of aromatic nitrogens is 4. The van der Waals surface area contributed by atoms with Crippen LogP contribution in [0.2, 0.25) is 5.02 Å². The molecule has 1 saturated heterocycles. The van der Waals surface area contributed by atoms with Crippen LogP contribution in [0.4, 0.5) is 0 Å². The first-order valence-corrected chi connectivity index (χ1v) is 8.96. The Morgan fingerprint density at radius 3 is 2.80 bits per heavy atom. The molecule has 1 aliphatic rings. The fraction of sp³-hybridized carbons (Fsp3) is 0.389. The third kappa shape index (κ3) is 3.32. The molecular formula is C18H20ClN5O. The molecule has 0 amide bonds. The van der Waals surface area contributed by atoms with Gasteiger partial charge in [-0.2, -0.15) is 9.50 Å². The molecule has 0 bridgehead atoms. The van der Waals surface area contributed by atoms with Gasteiger partial charge in [0, 0.05) is 29.2 Å². The highest BCUT2D eigenvalue weighted by Crippen LogP contribution is 2.20. The van der Waals surface area contributed by atoms with E-state index >= 15 is 0 Å². The predicted molar refractivity (Wildman–Crippen MR) is 97.8 cm³/mol. The van der Waals surface area contributed by atoms with Crippen LogP contribution in [-0.2, 0) is 6.54 Å². The van der Waals surface area contributed by atoms with E-state index in [0.29, 0.717) is 29.2 Å². The minimum atomic E-state index is -0.141. The second-order valence-corrected chi connectivity index (χ2v) is 7.05. The first-order chi connectivity index (χ1) is 12.1. The fourth-order valence-corrected chi connectivity index (χ4v) is 3.47. The van der Waals surface area contributed by atoms with Crippen molar-refractivity contribution in [2.24, 2.45) is 0 Å². The van der Waals surface area contributed by atoms with Crippen LogP contribution in [0.15, 0.2) is 35.1 Å². The minimum absolute atomic E-state index is 0.141. The first kappa shape index (κ1) is 16.3. The highest BCUT2D eigenvalue weighted by molar-refractivity contribution is 6.30. The van der Waals surface area contributed by atoms with Crippen molar-refractivity contribution in [3.8, 4) is 11.4 Å². The summed E-state index contributed by atoms with van der Waals surface area (Å²) in [5, 5.41) is 3.67. The summed E-state index contributed by atoms with van der Waals surface area (Å²) in [7, 11) is 0. The average Bonchev–Trinajstić information content (AvgIpc) is 3.02. The van der Waals surface area contributed by atoms with Gasteiger partial charge in [0.05, 0.1) is 5.69 Å². The summed E-state index contributed by atoms with van der Waals surface area (Å²) in [6, 6.07) is 9.44. The van der Waals surface area contributed by atoms with Crippen LogP contribution in [0.3, 0.4) is 0 Å². The molecule has 4 rings (SSSR count). The molecule has 130 valence electrons. The Hall–Kier alpha value is -2.18. The summed E-state index contributed by atoms with van der Waals surface area (Å²) in [5.41, 5.74) is 1.49. The van der Waals surface area contributed by atoms with E-state index in [1.807, 2.05) is 12.1 Å². The molecule has 3 heterocycles. The number of hydrogen-bond donors (Lipinski definition) is 1. The number of H-pyrrole nitrogens is 1. The molecule has 7 heteroatoms. The zero-order chi connectivity index (χ0) is 17.4. The third-order valence-electron chi connectivity index (χ3n) is 4.81. The lowest BCUT2D eigenvalue weighted by atomic mass is 10.0. The smallest absolute Gasteiger partial charge is 0.274 e. The Kier molecular flexibility index (Phi) is 4.31. The van der Waals surface area contributed by atoms with Gasteiger partial charge in [-0.3, -0.25) is 14.8 Å². The van der Waals surface area contributed by atoms with Crippen molar-refractivity contribution < 1.29 is 0 Å². The first-order valence-electron chi connectivity index (χ1n) is 8.59. The predicted octanol–water partition coefficient (Wildman–Crippen LogP) is 3.11. The molecule has 1 atom stereocenters. The summed E-state index contributed by atoms with van der Waals surface area (Å²) >= 11 is 5.93. The molecule has 3 aromatic rings. The molecule has 0 radical (unpaired) electrons. The third-order valence-corrected chi connectivity index (χ3v) is 5.06. The van der Waals surface area contributed by atoms with Crippen LogP contribution in [0.5, 0.6) is 0 Å². The normalized spacial score (nSPS) is 18.7. The van der Waals surface area contributed by atoms with Crippen molar-refractivity contribution in [3.63, 3.8) is 0 Å². The van der Waals surface area contributed by atoms with Gasteiger partial charge in [-0.25, -0.2) is 4.98 Å². The number of halogens is 1. The summed E-state index contributed by atoms with van der Waals surface area (Å²) in [6.45, 7) is 3.98. The second kappa shape index (κ2) is 6.61. The average molecular weight is 358 g/mol. The van der Waals surface area contributed by atoms with Crippen molar-refractivity contribution in [3.05, 3.63) is 51.4 Å². The van der Waals surface area contributed by atoms with Gasteiger partial charge in [-0.05, 0) is 50.6 Å². The van der Waals surface area contributed by atoms with E-state index in [4.69, 9.17) is 11.6 Å². The molecule has 1 fully saturated rings. The number of aromatic amines is 1. The van der Waals surface area contributed by atoms with Crippen molar-refractivity contribution in [1.82, 2.24) is 24.5 Å². The van der Waals surface area contributed by atoms with Gasteiger partial charge in [0.1, 0.15) is 0 Å². The zero-order valence-electron chi connectivity index (χ0n) is 14.1. The lowest BCUT2D eigenvalue weighted by molar-refractivity contribution is 0.151. The fourth-order valence-electron chi connectivity index (χ4n) is 3.35. The van der Waals surface area contributed by atoms with Gasteiger partial charge in [-0.1, -0.05) is 18.0 Å². The second-order valence-electron chi connectivity index (χ2n) is 6.62. The molecule has 1 unspecified atom stereocenters. The Morgan fingerprint density at radius 2 is 2.04 bits per heavy atom. The number of hydrogen-bond acceptors (Lipinski definition) is 4. The molecular weight excluding hydrogens is 338 g/mol. The largest absolute Gasteiger partial charge is 0.295 e. The zero-order valence-corrected chi connectivity index (χ0v) is 14.8. The summed E-state index contributed by atoms with van der Waals surface area (Å²) < 4.78 is 1.38. The van der Waals surface area contributed by atoms with Crippen LogP contribution in [0.1, 0.15) is 31.9 Å². The molecule has 1 aliphatic heterocycles. The van der Waals surface area contributed by atoms with Gasteiger partial charge in [0.15, 0.2) is 5.82 Å². The number of rotatable bonds is 3. The van der Waals surface area contributed by atoms with Crippen LogP contribution in [-0.4, -0.2) is 37.1 Å². The number of nitrogens with one attached hydrogen (secondary N) is 1. The van der Waals surface area contributed by atoms with E-state index in [9.17, 15) is 4.79 Å². The van der Waals surface area contributed by atoms with E-state index < -0.39 is 0 Å². The number of benzene rings is 1. The Balaban J connectivity index is 1.67. The number of piperidine rings is 1. The maximum atomic E-state index is 12.4. The topological polar surface area (TPSA) is 66.3 Å². The van der Waals surface area contributed by atoms with Gasteiger partial charge < -0.3 is 0 Å². The summed E-state index contributed by atoms with van der Waals surface area (Å²) in [5.74, 6) is 1.00. The number of likely N-dealkylation sites (tertiary alicyclic amines) is 1. The molecule has 0 aliphatic carbocycles. The highest BCUT2D eigenvalue weighted by Gasteiger charge is 2.19. The molecule has 1 N–H and O–H groups in total. The van der Waals surface area contributed by atoms with E-state index in [1.54, 1.807) is 18.2 Å². The van der Waals surface area contributed by atoms with Gasteiger partial charge in [0.2, 0.25) is 0 Å². The van der Waals surface area contributed by atoms with E-state index in [2.05, 4.69) is 26.9 Å². The quantitative estimate of drug-likeness (QED) is 0.782. The van der Waals surface area contributed by atoms with E-state index in [0.717, 1.165) is 17.8 Å². The molecule has 1 aromatic carbocycles. The van der Waals surface area contributed by atoms with Crippen molar-refractivity contribution in [1.29, 1.82) is 0 Å². The molecule has 2 aromatic heterocycles.